The molecule has 0 aliphatic heterocycles. The van der Waals surface area contributed by atoms with E-state index in [2.05, 4.69) is 10.3 Å². The van der Waals surface area contributed by atoms with Gasteiger partial charge in [0, 0.05) is 30.4 Å². The normalized spacial score (nSPS) is 10.0. The van der Waals surface area contributed by atoms with E-state index in [1.807, 2.05) is 0 Å². The van der Waals surface area contributed by atoms with E-state index in [9.17, 15) is 4.79 Å². The molecule has 2 rings (SSSR count). The standard InChI is InChI=1S/C17H20N2O4/c1-21-12-10-15(22-2)13(16(11-12)23-3)7-9-19-17(20)14-6-4-5-8-18-14/h4-6,8,10-11H,7,9H2,1-3H3,(H,19,20). The Morgan fingerprint density at radius 1 is 1.09 bits per heavy atom. The number of hydrogen-bond acceptors (Lipinski definition) is 5. The molecule has 0 radical (unpaired) electrons. The molecular weight excluding hydrogens is 296 g/mol. The van der Waals surface area contributed by atoms with Gasteiger partial charge in [-0.2, -0.15) is 0 Å². The van der Waals surface area contributed by atoms with Gasteiger partial charge in [0.2, 0.25) is 0 Å². The van der Waals surface area contributed by atoms with E-state index in [0.29, 0.717) is 35.9 Å². The quantitative estimate of drug-likeness (QED) is 0.847. The van der Waals surface area contributed by atoms with Gasteiger partial charge in [-0.05, 0) is 18.6 Å². The van der Waals surface area contributed by atoms with Gasteiger partial charge in [0.1, 0.15) is 22.9 Å². The maximum absolute atomic E-state index is 12.0. The molecule has 6 nitrogen and oxygen atoms in total. The van der Waals surface area contributed by atoms with Crippen molar-refractivity contribution in [3.8, 4) is 17.2 Å². The third kappa shape index (κ3) is 4.12. The Bertz CT molecular complexity index is 634. The molecule has 2 aromatic rings. The lowest BCUT2D eigenvalue weighted by Gasteiger charge is -2.15. The molecule has 1 amide bonds. The zero-order chi connectivity index (χ0) is 16.7. The Morgan fingerprint density at radius 2 is 1.78 bits per heavy atom. The second-order valence-corrected chi connectivity index (χ2v) is 4.73. The first-order valence-electron chi connectivity index (χ1n) is 7.17. The van der Waals surface area contributed by atoms with Crippen molar-refractivity contribution in [2.75, 3.05) is 27.9 Å². The van der Waals surface area contributed by atoms with Gasteiger partial charge in [-0.25, -0.2) is 0 Å². The fourth-order valence-corrected chi connectivity index (χ4v) is 2.21. The van der Waals surface area contributed by atoms with Crippen molar-refractivity contribution in [2.45, 2.75) is 6.42 Å². The summed E-state index contributed by atoms with van der Waals surface area (Å²) in [6.07, 6.45) is 2.15. The predicted molar refractivity (Wildman–Crippen MR) is 86.4 cm³/mol. The van der Waals surface area contributed by atoms with E-state index < -0.39 is 0 Å². The Balaban J connectivity index is 2.06. The van der Waals surface area contributed by atoms with Gasteiger partial charge in [0.25, 0.3) is 5.91 Å². The molecular formula is C17H20N2O4. The first-order valence-corrected chi connectivity index (χ1v) is 7.17. The van der Waals surface area contributed by atoms with Gasteiger partial charge in [0.15, 0.2) is 0 Å². The van der Waals surface area contributed by atoms with Crippen molar-refractivity contribution in [1.82, 2.24) is 10.3 Å². The van der Waals surface area contributed by atoms with Crippen LogP contribution < -0.4 is 19.5 Å². The third-order valence-corrected chi connectivity index (χ3v) is 3.38. The van der Waals surface area contributed by atoms with Crippen LogP contribution in [0.1, 0.15) is 16.1 Å². The van der Waals surface area contributed by atoms with Gasteiger partial charge < -0.3 is 19.5 Å². The molecule has 0 fully saturated rings. The van der Waals surface area contributed by atoms with Crippen LogP contribution in [0.5, 0.6) is 17.2 Å². The molecule has 6 heteroatoms. The highest BCUT2D eigenvalue weighted by Gasteiger charge is 2.14. The molecule has 0 atom stereocenters. The van der Waals surface area contributed by atoms with E-state index in [0.717, 1.165) is 5.56 Å². The maximum Gasteiger partial charge on any atom is 0.269 e. The summed E-state index contributed by atoms with van der Waals surface area (Å²) in [6, 6.07) is 8.79. The van der Waals surface area contributed by atoms with E-state index in [4.69, 9.17) is 14.2 Å². The molecule has 0 aliphatic rings. The molecule has 0 bridgehead atoms. The molecule has 0 saturated heterocycles. The van der Waals surface area contributed by atoms with Crippen LogP contribution in [0.15, 0.2) is 36.5 Å². The maximum atomic E-state index is 12.0. The predicted octanol–water partition coefficient (Wildman–Crippen LogP) is 2.08. The second-order valence-electron chi connectivity index (χ2n) is 4.73. The van der Waals surface area contributed by atoms with Crippen molar-refractivity contribution in [1.29, 1.82) is 0 Å². The van der Waals surface area contributed by atoms with E-state index in [1.165, 1.54) is 0 Å². The molecule has 0 spiro atoms. The monoisotopic (exact) mass is 316 g/mol. The Kier molecular flexibility index (Phi) is 5.80. The average molecular weight is 316 g/mol. The first-order chi connectivity index (χ1) is 11.2. The van der Waals surface area contributed by atoms with Gasteiger partial charge in [-0.15, -0.1) is 0 Å². The molecule has 1 aromatic carbocycles. The molecule has 1 heterocycles. The number of rotatable bonds is 7. The fraction of sp³-hybridized carbons (Fsp3) is 0.294. The number of benzene rings is 1. The zero-order valence-corrected chi connectivity index (χ0v) is 13.5. The van der Waals surface area contributed by atoms with Crippen LogP contribution in [0.2, 0.25) is 0 Å². The summed E-state index contributed by atoms with van der Waals surface area (Å²) in [7, 11) is 4.76. The Hall–Kier alpha value is -2.76. The number of carbonyl (C=O) groups is 1. The highest BCUT2D eigenvalue weighted by molar-refractivity contribution is 5.92. The van der Waals surface area contributed by atoms with E-state index in [1.54, 1.807) is 57.9 Å². The summed E-state index contributed by atoms with van der Waals surface area (Å²) in [5, 5.41) is 2.83. The molecule has 0 unspecified atom stereocenters. The average Bonchev–Trinajstić information content (AvgIpc) is 2.62. The number of methoxy groups -OCH3 is 3. The van der Waals surface area contributed by atoms with Crippen LogP contribution in [0.3, 0.4) is 0 Å². The highest BCUT2D eigenvalue weighted by Crippen LogP contribution is 2.34. The minimum atomic E-state index is -0.211. The van der Waals surface area contributed by atoms with Gasteiger partial charge in [-0.1, -0.05) is 6.07 Å². The van der Waals surface area contributed by atoms with Gasteiger partial charge in [-0.3, -0.25) is 9.78 Å². The van der Waals surface area contributed by atoms with E-state index in [-0.39, 0.29) is 5.91 Å². The number of nitrogens with one attached hydrogen (secondary N) is 1. The minimum Gasteiger partial charge on any atom is -0.496 e. The van der Waals surface area contributed by atoms with Crippen molar-refractivity contribution in [3.63, 3.8) is 0 Å². The van der Waals surface area contributed by atoms with E-state index >= 15 is 0 Å². The molecule has 1 N–H and O–H groups in total. The lowest BCUT2D eigenvalue weighted by molar-refractivity contribution is 0.0949. The number of pyridine rings is 1. The molecule has 1 aromatic heterocycles. The second kappa shape index (κ2) is 8.03. The molecule has 0 saturated carbocycles. The zero-order valence-electron chi connectivity index (χ0n) is 13.5. The number of carbonyl (C=O) groups excluding carboxylic acids is 1. The topological polar surface area (TPSA) is 69.7 Å². The lowest BCUT2D eigenvalue weighted by atomic mass is 10.1. The first kappa shape index (κ1) is 16.6. The van der Waals surface area contributed by atoms with Crippen molar-refractivity contribution in [2.24, 2.45) is 0 Å². The van der Waals surface area contributed by atoms with Crippen LogP contribution in [-0.4, -0.2) is 38.8 Å². The Labute approximate surface area is 135 Å². The molecule has 0 aliphatic carbocycles. The van der Waals surface area contributed by atoms with Crippen LogP contribution in [0.25, 0.3) is 0 Å². The number of hydrogen-bond donors (Lipinski definition) is 1. The minimum absolute atomic E-state index is 0.211. The van der Waals surface area contributed by atoms with Gasteiger partial charge in [0.05, 0.1) is 21.3 Å². The van der Waals surface area contributed by atoms with Gasteiger partial charge >= 0.3 is 0 Å². The summed E-state index contributed by atoms with van der Waals surface area (Å²) >= 11 is 0. The van der Waals surface area contributed by atoms with Crippen molar-refractivity contribution < 1.29 is 19.0 Å². The number of ether oxygens (including phenoxy) is 3. The number of amides is 1. The highest BCUT2D eigenvalue weighted by atomic mass is 16.5. The van der Waals surface area contributed by atoms with Crippen LogP contribution in [0, 0.1) is 0 Å². The summed E-state index contributed by atoms with van der Waals surface area (Å²) in [6.45, 7) is 0.439. The molecule has 122 valence electrons. The largest absolute Gasteiger partial charge is 0.496 e. The number of aromatic nitrogens is 1. The summed E-state index contributed by atoms with van der Waals surface area (Å²) in [5.74, 6) is 1.76. The summed E-state index contributed by atoms with van der Waals surface area (Å²) in [5.41, 5.74) is 1.26. The van der Waals surface area contributed by atoms with Crippen molar-refractivity contribution >= 4 is 5.91 Å². The smallest absolute Gasteiger partial charge is 0.269 e. The number of nitrogens with zero attached hydrogens (tertiary/aromatic N) is 1. The summed E-state index contributed by atoms with van der Waals surface area (Å²) in [4.78, 5) is 16.0. The fourth-order valence-electron chi connectivity index (χ4n) is 2.21. The SMILES string of the molecule is COc1cc(OC)c(CCNC(=O)c2ccccn2)c(OC)c1. The summed E-state index contributed by atoms with van der Waals surface area (Å²) < 4.78 is 16.0. The third-order valence-electron chi connectivity index (χ3n) is 3.38. The van der Waals surface area contributed by atoms with Crippen LogP contribution in [0.4, 0.5) is 0 Å². The van der Waals surface area contributed by atoms with Crippen LogP contribution >= 0.6 is 0 Å². The van der Waals surface area contributed by atoms with Crippen LogP contribution in [-0.2, 0) is 6.42 Å². The lowest BCUT2D eigenvalue weighted by Crippen LogP contribution is -2.26. The van der Waals surface area contributed by atoms with Crippen molar-refractivity contribution in [3.05, 3.63) is 47.8 Å². The molecule has 23 heavy (non-hydrogen) atoms. The Morgan fingerprint density at radius 3 is 2.30 bits per heavy atom.